The number of carbonyl (C=O) groups is 1. The molecular weight excluding hydrogens is 326 g/mol. The van der Waals surface area contributed by atoms with Crippen LogP contribution in [-0.4, -0.2) is 23.2 Å². The first-order chi connectivity index (χ1) is 12.6. The van der Waals surface area contributed by atoms with Crippen molar-refractivity contribution in [3.8, 4) is 17.0 Å². The number of methoxy groups -OCH3 is 1. The van der Waals surface area contributed by atoms with Gasteiger partial charge in [0.1, 0.15) is 5.75 Å². The predicted octanol–water partition coefficient (Wildman–Crippen LogP) is 4.14. The van der Waals surface area contributed by atoms with Gasteiger partial charge in [-0.05, 0) is 36.6 Å². The summed E-state index contributed by atoms with van der Waals surface area (Å²) in [6.45, 7) is 4.07. The standard InChI is InChI=1S/C21H23N3O2/c1-4-15-5-7-17(8-6-15)20-19(13-22-24-20)21(25)23-14(2)16-9-11-18(26-3)12-10-16/h5-14H,4H2,1-3H3,(H,22,24)(H,23,25)/t14-/m1/s1. The monoisotopic (exact) mass is 349 g/mol. The number of aromatic nitrogens is 2. The summed E-state index contributed by atoms with van der Waals surface area (Å²) in [5, 5.41) is 10.0. The minimum Gasteiger partial charge on any atom is -0.497 e. The number of nitrogens with one attached hydrogen (secondary N) is 2. The van der Waals surface area contributed by atoms with Gasteiger partial charge in [-0.2, -0.15) is 5.10 Å². The van der Waals surface area contributed by atoms with E-state index in [9.17, 15) is 4.79 Å². The Labute approximate surface area is 153 Å². The third kappa shape index (κ3) is 3.77. The summed E-state index contributed by atoms with van der Waals surface area (Å²) in [6.07, 6.45) is 2.55. The lowest BCUT2D eigenvalue weighted by Crippen LogP contribution is -2.26. The Bertz CT molecular complexity index is 867. The van der Waals surface area contributed by atoms with Crippen LogP contribution in [0.2, 0.25) is 0 Å². The van der Waals surface area contributed by atoms with E-state index in [1.165, 1.54) is 5.56 Å². The maximum absolute atomic E-state index is 12.7. The summed E-state index contributed by atoms with van der Waals surface area (Å²) in [7, 11) is 1.63. The van der Waals surface area contributed by atoms with Crippen molar-refractivity contribution in [2.75, 3.05) is 7.11 Å². The molecule has 3 rings (SSSR count). The Balaban J connectivity index is 1.76. The van der Waals surface area contributed by atoms with E-state index in [4.69, 9.17) is 4.74 Å². The van der Waals surface area contributed by atoms with E-state index in [-0.39, 0.29) is 11.9 Å². The Morgan fingerprint density at radius 2 is 1.85 bits per heavy atom. The van der Waals surface area contributed by atoms with Crippen molar-refractivity contribution in [2.24, 2.45) is 0 Å². The predicted molar refractivity (Wildman–Crippen MR) is 102 cm³/mol. The number of rotatable bonds is 6. The van der Waals surface area contributed by atoms with Crippen molar-refractivity contribution in [3.63, 3.8) is 0 Å². The molecule has 0 radical (unpaired) electrons. The molecule has 0 bridgehead atoms. The SMILES string of the molecule is CCc1ccc(-c2[nH]ncc2C(=O)N[C@H](C)c2ccc(OC)cc2)cc1. The lowest BCUT2D eigenvalue weighted by Gasteiger charge is -2.15. The van der Waals surface area contributed by atoms with Crippen LogP contribution < -0.4 is 10.1 Å². The van der Waals surface area contributed by atoms with Crippen LogP contribution in [-0.2, 0) is 6.42 Å². The van der Waals surface area contributed by atoms with Crippen molar-refractivity contribution in [1.29, 1.82) is 0 Å². The smallest absolute Gasteiger partial charge is 0.255 e. The van der Waals surface area contributed by atoms with Gasteiger partial charge in [0.05, 0.1) is 30.6 Å². The highest BCUT2D eigenvalue weighted by molar-refractivity contribution is 5.99. The topological polar surface area (TPSA) is 67.0 Å². The van der Waals surface area contributed by atoms with Crippen molar-refractivity contribution in [3.05, 3.63) is 71.4 Å². The number of aryl methyl sites for hydroxylation is 1. The van der Waals surface area contributed by atoms with Crippen LogP contribution in [0.5, 0.6) is 5.75 Å². The summed E-state index contributed by atoms with van der Waals surface area (Å²) < 4.78 is 5.17. The van der Waals surface area contributed by atoms with Gasteiger partial charge >= 0.3 is 0 Å². The molecule has 1 atom stereocenters. The summed E-state index contributed by atoms with van der Waals surface area (Å²) in [5.74, 6) is 0.636. The lowest BCUT2D eigenvalue weighted by molar-refractivity contribution is 0.0940. The lowest BCUT2D eigenvalue weighted by atomic mass is 10.0. The highest BCUT2D eigenvalue weighted by Gasteiger charge is 2.17. The minimum atomic E-state index is -0.156. The summed E-state index contributed by atoms with van der Waals surface area (Å²) in [5.41, 5.74) is 4.48. The van der Waals surface area contributed by atoms with Gasteiger partial charge in [0.25, 0.3) is 5.91 Å². The average molecular weight is 349 g/mol. The van der Waals surface area contributed by atoms with Gasteiger partial charge in [-0.15, -0.1) is 0 Å². The minimum absolute atomic E-state index is 0.126. The fraction of sp³-hybridized carbons (Fsp3) is 0.238. The zero-order chi connectivity index (χ0) is 18.5. The third-order valence-corrected chi connectivity index (χ3v) is 4.50. The molecule has 5 nitrogen and oxygen atoms in total. The number of hydrogen-bond acceptors (Lipinski definition) is 3. The molecule has 0 saturated heterocycles. The van der Waals surface area contributed by atoms with Gasteiger partial charge in [-0.25, -0.2) is 0 Å². The van der Waals surface area contributed by atoms with Crippen LogP contribution in [0.25, 0.3) is 11.3 Å². The van der Waals surface area contributed by atoms with Gasteiger partial charge in [-0.3, -0.25) is 9.89 Å². The summed E-state index contributed by atoms with van der Waals surface area (Å²) >= 11 is 0. The van der Waals surface area contributed by atoms with Crippen molar-refractivity contribution >= 4 is 5.91 Å². The maximum Gasteiger partial charge on any atom is 0.255 e. The Kier molecular flexibility index (Phi) is 5.37. The first-order valence-corrected chi connectivity index (χ1v) is 8.70. The van der Waals surface area contributed by atoms with Gasteiger partial charge < -0.3 is 10.1 Å². The molecule has 1 amide bonds. The molecule has 0 saturated carbocycles. The van der Waals surface area contributed by atoms with Crippen LogP contribution in [0.1, 0.15) is 41.4 Å². The molecule has 2 N–H and O–H groups in total. The highest BCUT2D eigenvalue weighted by atomic mass is 16.5. The van der Waals surface area contributed by atoms with Gasteiger partial charge in [-0.1, -0.05) is 43.3 Å². The number of aromatic amines is 1. The van der Waals surface area contributed by atoms with Crippen LogP contribution in [0.3, 0.4) is 0 Å². The largest absolute Gasteiger partial charge is 0.497 e. The molecule has 0 fully saturated rings. The molecule has 1 heterocycles. The first kappa shape index (κ1) is 17.7. The number of benzene rings is 2. The number of H-pyrrole nitrogens is 1. The second-order valence-electron chi connectivity index (χ2n) is 6.18. The molecule has 134 valence electrons. The normalized spacial score (nSPS) is 11.8. The molecular formula is C21H23N3O2. The second kappa shape index (κ2) is 7.87. The molecule has 0 aliphatic rings. The zero-order valence-electron chi connectivity index (χ0n) is 15.2. The Morgan fingerprint density at radius 3 is 2.46 bits per heavy atom. The molecule has 1 aromatic heterocycles. The molecule has 26 heavy (non-hydrogen) atoms. The quantitative estimate of drug-likeness (QED) is 0.703. The number of nitrogens with zero attached hydrogens (tertiary/aromatic N) is 1. The number of hydrogen-bond donors (Lipinski definition) is 2. The summed E-state index contributed by atoms with van der Waals surface area (Å²) in [6, 6.07) is 15.7. The van der Waals surface area contributed by atoms with Gasteiger partial charge in [0.15, 0.2) is 0 Å². The fourth-order valence-electron chi connectivity index (χ4n) is 2.84. The van der Waals surface area contributed by atoms with Crippen LogP contribution in [0, 0.1) is 0 Å². The van der Waals surface area contributed by atoms with Crippen LogP contribution in [0.15, 0.2) is 54.7 Å². The number of ether oxygens (including phenoxy) is 1. The Morgan fingerprint density at radius 1 is 1.15 bits per heavy atom. The molecule has 0 unspecified atom stereocenters. The summed E-state index contributed by atoms with van der Waals surface area (Å²) in [4.78, 5) is 12.7. The fourth-order valence-corrected chi connectivity index (χ4v) is 2.84. The van der Waals surface area contributed by atoms with E-state index in [2.05, 4.69) is 34.6 Å². The molecule has 2 aromatic carbocycles. The Hall–Kier alpha value is -3.08. The van der Waals surface area contributed by atoms with Crippen LogP contribution >= 0.6 is 0 Å². The van der Waals surface area contributed by atoms with E-state index in [1.54, 1.807) is 13.3 Å². The van der Waals surface area contributed by atoms with E-state index in [0.29, 0.717) is 5.56 Å². The van der Waals surface area contributed by atoms with Crippen molar-refractivity contribution < 1.29 is 9.53 Å². The van der Waals surface area contributed by atoms with Crippen molar-refractivity contribution in [2.45, 2.75) is 26.3 Å². The third-order valence-electron chi connectivity index (χ3n) is 4.50. The zero-order valence-corrected chi connectivity index (χ0v) is 15.2. The van der Waals surface area contributed by atoms with E-state index >= 15 is 0 Å². The van der Waals surface area contributed by atoms with Crippen molar-refractivity contribution in [1.82, 2.24) is 15.5 Å². The number of carbonyl (C=O) groups excluding carboxylic acids is 1. The second-order valence-corrected chi connectivity index (χ2v) is 6.18. The molecule has 5 heteroatoms. The molecule has 3 aromatic rings. The molecule has 0 spiro atoms. The maximum atomic E-state index is 12.7. The average Bonchev–Trinajstić information content (AvgIpc) is 3.18. The molecule has 0 aliphatic carbocycles. The number of amides is 1. The first-order valence-electron chi connectivity index (χ1n) is 8.70. The van der Waals surface area contributed by atoms with Gasteiger partial charge in [0, 0.05) is 5.56 Å². The van der Waals surface area contributed by atoms with E-state index in [1.807, 2.05) is 43.3 Å². The van der Waals surface area contributed by atoms with Crippen LogP contribution in [0.4, 0.5) is 0 Å². The van der Waals surface area contributed by atoms with E-state index in [0.717, 1.165) is 29.0 Å². The van der Waals surface area contributed by atoms with E-state index < -0.39 is 0 Å². The molecule has 0 aliphatic heterocycles. The van der Waals surface area contributed by atoms with Gasteiger partial charge in [0.2, 0.25) is 0 Å². The highest BCUT2D eigenvalue weighted by Crippen LogP contribution is 2.23.